The van der Waals surface area contributed by atoms with Crippen LogP contribution < -0.4 is 0 Å². The lowest BCUT2D eigenvalue weighted by atomic mass is 10.0. The first kappa shape index (κ1) is 14.9. The highest BCUT2D eigenvalue weighted by Gasteiger charge is 2.63. The molecule has 3 saturated heterocycles. The molecule has 0 aromatic heterocycles. The number of benzene rings is 1. The molecule has 1 aliphatic carbocycles. The van der Waals surface area contributed by atoms with E-state index in [1.807, 2.05) is 6.07 Å². The van der Waals surface area contributed by atoms with Gasteiger partial charge in [0, 0.05) is 25.9 Å². The molecule has 1 aromatic rings. The summed E-state index contributed by atoms with van der Waals surface area (Å²) in [5, 5.41) is 0. The molecule has 1 spiro atoms. The summed E-state index contributed by atoms with van der Waals surface area (Å²) in [6.45, 7) is 2.95. The molecule has 128 valence electrons. The molecule has 4 nitrogen and oxygen atoms in total. The molecule has 1 saturated carbocycles. The van der Waals surface area contributed by atoms with Crippen LogP contribution in [0.4, 0.5) is 0 Å². The van der Waals surface area contributed by atoms with Crippen LogP contribution in [-0.2, 0) is 9.53 Å². The largest absolute Gasteiger partial charge is 0.344 e. The fourth-order valence-electron chi connectivity index (χ4n) is 5.49. The molecule has 4 aliphatic rings. The van der Waals surface area contributed by atoms with Crippen molar-refractivity contribution in [1.82, 2.24) is 9.80 Å². The summed E-state index contributed by atoms with van der Waals surface area (Å²) in [4.78, 5) is 17.3. The maximum atomic E-state index is 12.6. The number of likely N-dealkylation sites (tertiary alicyclic amines) is 1. The Morgan fingerprint density at radius 3 is 2.75 bits per heavy atom. The molecule has 5 rings (SSSR count). The topological polar surface area (TPSA) is 32.8 Å². The smallest absolute Gasteiger partial charge is 0.226 e. The van der Waals surface area contributed by atoms with Crippen molar-refractivity contribution in [3.63, 3.8) is 0 Å². The predicted molar refractivity (Wildman–Crippen MR) is 91.3 cm³/mol. The first-order chi connectivity index (χ1) is 11.8. The van der Waals surface area contributed by atoms with Crippen LogP contribution in [0.15, 0.2) is 30.3 Å². The van der Waals surface area contributed by atoms with Crippen LogP contribution in [0, 0.1) is 5.92 Å². The van der Waals surface area contributed by atoms with Gasteiger partial charge in [0.25, 0.3) is 0 Å². The van der Waals surface area contributed by atoms with Gasteiger partial charge in [-0.15, -0.1) is 0 Å². The van der Waals surface area contributed by atoms with E-state index in [4.69, 9.17) is 4.74 Å². The van der Waals surface area contributed by atoms with Crippen molar-refractivity contribution >= 4 is 5.91 Å². The van der Waals surface area contributed by atoms with Crippen LogP contribution in [-0.4, -0.2) is 47.1 Å². The molecule has 1 aromatic carbocycles. The van der Waals surface area contributed by atoms with Gasteiger partial charge in [-0.3, -0.25) is 9.69 Å². The molecular formula is C20H26N2O2. The molecule has 0 N–H and O–H groups in total. The van der Waals surface area contributed by atoms with Gasteiger partial charge in [-0.1, -0.05) is 43.2 Å². The zero-order valence-electron chi connectivity index (χ0n) is 14.2. The third-order valence-electron chi connectivity index (χ3n) is 6.68. The van der Waals surface area contributed by atoms with Gasteiger partial charge in [0.1, 0.15) is 6.10 Å². The van der Waals surface area contributed by atoms with Gasteiger partial charge in [-0.05, 0) is 24.3 Å². The molecule has 3 atom stereocenters. The van der Waals surface area contributed by atoms with E-state index in [1.54, 1.807) is 0 Å². The van der Waals surface area contributed by atoms with Gasteiger partial charge in [0.2, 0.25) is 5.91 Å². The molecule has 0 bridgehead atoms. The highest BCUT2D eigenvalue weighted by molar-refractivity contribution is 5.81. The summed E-state index contributed by atoms with van der Waals surface area (Å²) < 4.78 is 6.61. The van der Waals surface area contributed by atoms with Crippen molar-refractivity contribution in [3.8, 4) is 0 Å². The molecule has 0 unspecified atom stereocenters. The van der Waals surface area contributed by atoms with E-state index >= 15 is 0 Å². The van der Waals surface area contributed by atoms with E-state index in [9.17, 15) is 4.79 Å². The van der Waals surface area contributed by atoms with Gasteiger partial charge in [-0.2, -0.15) is 0 Å². The second-order valence-corrected chi connectivity index (χ2v) is 7.98. The highest BCUT2D eigenvalue weighted by atomic mass is 16.5. The Bertz CT molecular complexity index is 628. The molecule has 3 aliphatic heterocycles. The fourth-order valence-corrected chi connectivity index (χ4v) is 5.49. The van der Waals surface area contributed by atoms with Crippen LogP contribution in [0.25, 0.3) is 0 Å². The van der Waals surface area contributed by atoms with Gasteiger partial charge < -0.3 is 9.64 Å². The van der Waals surface area contributed by atoms with Crippen LogP contribution in [0.5, 0.6) is 0 Å². The Balaban J connectivity index is 1.38. The second-order valence-electron chi connectivity index (χ2n) is 7.98. The van der Waals surface area contributed by atoms with Crippen LogP contribution >= 0.6 is 0 Å². The van der Waals surface area contributed by atoms with E-state index in [2.05, 4.69) is 34.1 Å². The van der Waals surface area contributed by atoms with Gasteiger partial charge in [-0.25, -0.2) is 0 Å². The summed E-state index contributed by atoms with van der Waals surface area (Å²) in [5.41, 5.74) is 0.845. The number of ether oxygens (including phenoxy) is 1. The monoisotopic (exact) mass is 326 g/mol. The third kappa shape index (κ3) is 2.16. The molecule has 24 heavy (non-hydrogen) atoms. The average molecular weight is 326 g/mol. The van der Waals surface area contributed by atoms with Crippen molar-refractivity contribution < 1.29 is 9.53 Å². The summed E-state index contributed by atoms with van der Waals surface area (Å²) >= 11 is 0. The van der Waals surface area contributed by atoms with E-state index in [0.717, 1.165) is 32.0 Å². The molecule has 4 heteroatoms. The molecule has 4 fully saturated rings. The van der Waals surface area contributed by atoms with Crippen LogP contribution in [0.2, 0.25) is 0 Å². The lowest BCUT2D eigenvalue weighted by Crippen LogP contribution is -2.48. The van der Waals surface area contributed by atoms with E-state index in [0.29, 0.717) is 6.42 Å². The highest BCUT2D eigenvalue weighted by Crippen LogP contribution is 2.51. The lowest BCUT2D eigenvalue weighted by molar-refractivity contribution is -0.138. The molecule has 3 heterocycles. The van der Waals surface area contributed by atoms with Crippen LogP contribution in [0.3, 0.4) is 0 Å². The number of nitrogens with zero attached hydrogens (tertiary/aromatic N) is 2. The van der Waals surface area contributed by atoms with Crippen molar-refractivity contribution in [2.75, 3.05) is 19.6 Å². The van der Waals surface area contributed by atoms with Gasteiger partial charge in [0.15, 0.2) is 5.72 Å². The van der Waals surface area contributed by atoms with Gasteiger partial charge in [0.05, 0.1) is 12.6 Å². The minimum atomic E-state index is -0.351. The quantitative estimate of drug-likeness (QED) is 0.856. The molecule has 0 radical (unpaired) electrons. The first-order valence-corrected chi connectivity index (χ1v) is 9.53. The van der Waals surface area contributed by atoms with E-state index in [1.165, 1.54) is 31.2 Å². The van der Waals surface area contributed by atoms with Crippen molar-refractivity contribution in [2.45, 2.75) is 56.4 Å². The number of carbonyl (C=O) groups is 1. The number of rotatable bonds is 3. The second kappa shape index (κ2) is 5.57. The fraction of sp³-hybridized carbons (Fsp3) is 0.650. The number of carbonyl (C=O) groups excluding carboxylic acids is 1. The lowest BCUT2D eigenvalue weighted by Gasteiger charge is -2.33. The zero-order chi connectivity index (χ0) is 16.1. The minimum Gasteiger partial charge on any atom is -0.344 e. The van der Waals surface area contributed by atoms with E-state index < -0.39 is 0 Å². The average Bonchev–Trinajstić information content (AvgIpc) is 3.34. The minimum absolute atomic E-state index is 0.0318. The first-order valence-electron chi connectivity index (χ1n) is 9.53. The van der Waals surface area contributed by atoms with E-state index in [-0.39, 0.29) is 23.8 Å². The Kier molecular flexibility index (Phi) is 3.46. The normalized spacial score (nSPS) is 36.5. The zero-order valence-corrected chi connectivity index (χ0v) is 14.2. The number of amides is 1. The molecular weight excluding hydrogens is 300 g/mol. The van der Waals surface area contributed by atoms with Crippen molar-refractivity contribution in [2.24, 2.45) is 5.92 Å². The van der Waals surface area contributed by atoms with Crippen molar-refractivity contribution in [3.05, 3.63) is 35.9 Å². The summed E-state index contributed by atoms with van der Waals surface area (Å²) in [6.07, 6.45) is 7.14. The van der Waals surface area contributed by atoms with Crippen molar-refractivity contribution in [1.29, 1.82) is 0 Å². The standard InChI is InChI=1S/C20H26N2O2/c23-19-12-18-20(10-11-21(18)13-15-6-4-5-7-15)22(19)14-17(24-20)16-8-2-1-3-9-16/h1-3,8-9,15,17-18H,4-7,10-14H2/t17-,18-,20+/m1/s1. The summed E-state index contributed by atoms with van der Waals surface area (Å²) in [5.74, 6) is 1.12. The number of hydrogen-bond acceptors (Lipinski definition) is 3. The van der Waals surface area contributed by atoms with Gasteiger partial charge >= 0.3 is 0 Å². The number of hydrogen-bond donors (Lipinski definition) is 0. The Hall–Kier alpha value is -1.39. The third-order valence-corrected chi connectivity index (χ3v) is 6.68. The maximum Gasteiger partial charge on any atom is 0.226 e. The maximum absolute atomic E-state index is 12.6. The Labute approximate surface area is 143 Å². The predicted octanol–water partition coefficient (Wildman–Crippen LogP) is 2.95. The Morgan fingerprint density at radius 2 is 1.96 bits per heavy atom. The van der Waals surface area contributed by atoms with Crippen LogP contribution in [0.1, 0.15) is 50.2 Å². The summed E-state index contributed by atoms with van der Waals surface area (Å²) in [7, 11) is 0. The SMILES string of the molecule is O=C1C[C@H]2N(CC3CCCC3)CC[C@]23O[C@@H](c2ccccc2)CN13. The Morgan fingerprint density at radius 1 is 1.17 bits per heavy atom. The molecule has 1 amide bonds. The summed E-state index contributed by atoms with van der Waals surface area (Å²) in [6, 6.07) is 10.6.